The molecule has 1 aliphatic rings. The van der Waals surface area contributed by atoms with Gasteiger partial charge < -0.3 is 14.8 Å². The predicted octanol–water partition coefficient (Wildman–Crippen LogP) is 4.83. The van der Waals surface area contributed by atoms with Crippen LogP contribution >= 0.6 is 11.3 Å². The van der Waals surface area contributed by atoms with Gasteiger partial charge in [0.2, 0.25) is 6.79 Å². The van der Waals surface area contributed by atoms with E-state index in [0.29, 0.717) is 23.0 Å². The van der Waals surface area contributed by atoms with E-state index in [1.165, 1.54) is 0 Å². The largest absolute Gasteiger partial charge is 0.454 e. The third-order valence-electron chi connectivity index (χ3n) is 5.29. The third-order valence-corrected chi connectivity index (χ3v) is 6.08. The van der Waals surface area contributed by atoms with Gasteiger partial charge in [-0.1, -0.05) is 12.1 Å². The number of benzene rings is 2. The molecule has 0 unspecified atom stereocenters. The van der Waals surface area contributed by atoms with Crippen molar-refractivity contribution in [2.45, 2.75) is 6.92 Å². The fourth-order valence-corrected chi connectivity index (χ4v) is 4.42. The summed E-state index contributed by atoms with van der Waals surface area (Å²) < 4.78 is 13.5. The van der Waals surface area contributed by atoms with Crippen LogP contribution in [0.5, 0.6) is 11.5 Å². The zero-order valence-electron chi connectivity index (χ0n) is 17.5. The normalized spacial score (nSPS) is 12.3. The first-order valence-corrected chi connectivity index (χ1v) is 11.1. The van der Waals surface area contributed by atoms with Crippen LogP contribution in [0.15, 0.2) is 66.2 Å². The molecule has 1 N–H and O–H groups in total. The van der Waals surface area contributed by atoms with Crippen LogP contribution in [0, 0.1) is 6.92 Å². The Morgan fingerprint density at radius 2 is 1.97 bits per heavy atom. The number of fused-ring (bicyclic) bond motifs is 2. The minimum Gasteiger partial charge on any atom is -0.454 e. The second kappa shape index (κ2) is 7.72. The highest BCUT2D eigenvalue weighted by atomic mass is 32.1. The molecule has 2 aromatic carbocycles. The average Bonchev–Trinajstić information content (AvgIpc) is 3.57. The first kappa shape index (κ1) is 19.4. The number of nitrogens with one attached hydrogen (secondary N) is 1. The van der Waals surface area contributed by atoms with Gasteiger partial charge in [-0.2, -0.15) is 5.10 Å². The van der Waals surface area contributed by atoms with Crippen molar-refractivity contribution in [2.24, 2.45) is 0 Å². The molecule has 0 aliphatic carbocycles. The summed E-state index contributed by atoms with van der Waals surface area (Å²) in [7, 11) is 0. The molecule has 33 heavy (non-hydrogen) atoms. The van der Waals surface area contributed by atoms with Gasteiger partial charge in [0.25, 0.3) is 5.91 Å². The van der Waals surface area contributed by atoms with Crippen molar-refractivity contribution in [3.05, 3.63) is 77.6 Å². The van der Waals surface area contributed by atoms with E-state index in [-0.39, 0.29) is 18.4 Å². The number of carbonyl (C=O) groups is 1. The van der Waals surface area contributed by atoms with Gasteiger partial charge in [-0.15, -0.1) is 11.3 Å². The molecule has 0 radical (unpaired) electrons. The topological polar surface area (TPSA) is 91.2 Å². The van der Waals surface area contributed by atoms with Crippen molar-refractivity contribution in [1.82, 2.24) is 19.7 Å². The molecule has 0 saturated carbocycles. The minimum atomic E-state index is -0.333. The molecule has 0 fully saturated rings. The summed E-state index contributed by atoms with van der Waals surface area (Å²) in [4.78, 5) is 22.1. The highest BCUT2D eigenvalue weighted by Crippen LogP contribution is 2.34. The van der Waals surface area contributed by atoms with Crippen molar-refractivity contribution < 1.29 is 14.3 Å². The lowest BCUT2D eigenvalue weighted by atomic mass is 10.1. The molecular weight excluding hydrogens is 438 g/mol. The molecule has 0 spiro atoms. The number of pyridine rings is 1. The van der Waals surface area contributed by atoms with Gasteiger partial charge in [-0.3, -0.25) is 4.79 Å². The molecule has 162 valence electrons. The van der Waals surface area contributed by atoms with Crippen molar-refractivity contribution in [3.63, 3.8) is 0 Å². The number of anilines is 1. The van der Waals surface area contributed by atoms with Crippen LogP contribution in [0.25, 0.3) is 27.3 Å². The first-order valence-electron chi connectivity index (χ1n) is 10.2. The van der Waals surface area contributed by atoms with Crippen LogP contribution < -0.4 is 14.8 Å². The molecule has 9 heteroatoms. The molecule has 0 bridgehead atoms. The number of aryl methyl sites for hydroxylation is 1. The van der Waals surface area contributed by atoms with Crippen molar-refractivity contribution in [2.75, 3.05) is 12.1 Å². The SMILES string of the molecule is Cc1cccc(-n2nc(C(=O)Nc3ccc4c(c3)OCO4)cc2-c2ccc3ncsc3c2)n1. The number of rotatable bonds is 4. The van der Waals surface area contributed by atoms with Crippen LogP contribution in [0.2, 0.25) is 0 Å². The molecule has 3 aromatic heterocycles. The maximum atomic E-state index is 13.1. The van der Waals surface area contributed by atoms with Crippen LogP contribution in [-0.2, 0) is 0 Å². The summed E-state index contributed by atoms with van der Waals surface area (Å²) in [5, 5.41) is 7.50. The first-order chi connectivity index (χ1) is 16.1. The maximum Gasteiger partial charge on any atom is 0.276 e. The number of thiazole rings is 1. The standard InChI is InChI=1S/C24H17N5O3S/c1-14-3-2-4-23(26-14)29-19(15-5-7-17-22(9-15)33-12-25-17)11-18(28-29)24(30)27-16-6-8-20-21(10-16)32-13-31-20/h2-12H,13H2,1H3,(H,27,30). The molecular formula is C24H17N5O3S. The Morgan fingerprint density at radius 3 is 2.88 bits per heavy atom. The summed E-state index contributed by atoms with van der Waals surface area (Å²) in [6.45, 7) is 2.09. The summed E-state index contributed by atoms with van der Waals surface area (Å²) in [6, 6.07) is 18.7. The average molecular weight is 455 g/mol. The van der Waals surface area contributed by atoms with Crippen molar-refractivity contribution in [3.8, 4) is 28.6 Å². The summed E-state index contributed by atoms with van der Waals surface area (Å²) >= 11 is 1.57. The zero-order valence-corrected chi connectivity index (χ0v) is 18.3. The number of ether oxygens (including phenoxy) is 2. The van der Waals surface area contributed by atoms with E-state index >= 15 is 0 Å². The van der Waals surface area contributed by atoms with Crippen LogP contribution in [0.3, 0.4) is 0 Å². The van der Waals surface area contributed by atoms with Gasteiger partial charge in [0, 0.05) is 23.0 Å². The molecule has 6 rings (SSSR count). The van der Waals surface area contributed by atoms with E-state index in [4.69, 9.17) is 9.47 Å². The van der Waals surface area contributed by atoms with Gasteiger partial charge in [0.1, 0.15) is 0 Å². The Hall–Kier alpha value is -4.24. The molecule has 1 amide bonds. The smallest absolute Gasteiger partial charge is 0.276 e. The minimum absolute atomic E-state index is 0.175. The second-order valence-electron chi connectivity index (χ2n) is 7.52. The predicted molar refractivity (Wildman–Crippen MR) is 125 cm³/mol. The van der Waals surface area contributed by atoms with E-state index in [1.807, 2.05) is 42.8 Å². The van der Waals surface area contributed by atoms with Crippen molar-refractivity contribution in [1.29, 1.82) is 0 Å². The van der Waals surface area contributed by atoms with Gasteiger partial charge in [0.05, 0.1) is 21.4 Å². The number of hydrogen-bond donors (Lipinski definition) is 1. The number of nitrogens with zero attached hydrogens (tertiary/aromatic N) is 4. The van der Waals surface area contributed by atoms with E-state index in [9.17, 15) is 4.79 Å². The molecule has 8 nitrogen and oxygen atoms in total. The van der Waals surface area contributed by atoms with Gasteiger partial charge in [0.15, 0.2) is 23.0 Å². The van der Waals surface area contributed by atoms with E-state index < -0.39 is 0 Å². The zero-order chi connectivity index (χ0) is 22.4. The number of amides is 1. The van der Waals surface area contributed by atoms with E-state index in [1.54, 1.807) is 40.3 Å². The lowest BCUT2D eigenvalue weighted by Gasteiger charge is -2.07. The summed E-state index contributed by atoms with van der Waals surface area (Å²) in [5.74, 6) is 1.56. The Kier molecular flexibility index (Phi) is 4.55. The third kappa shape index (κ3) is 3.58. The molecule has 1 aliphatic heterocycles. The summed E-state index contributed by atoms with van der Waals surface area (Å²) in [5.41, 5.74) is 6.17. The van der Waals surface area contributed by atoms with Crippen LogP contribution in [0.4, 0.5) is 5.69 Å². The highest BCUT2D eigenvalue weighted by Gasteiger charge is 2.20. The number of carbonyl (C=O) groups excluding carboxylic acids is 1. The summed E-state index contributed by atoms with van der Waals surface area (Å²) in [6.07, 6.45) is 0. The number of hydrogen-bond acceptors (Lipinski definition) is 7. The van der Waals surface area contributed by atoms with Gasteiger partial charge in [-0.25, -0.2) is 14.6 Å². The highest BCUT2D eigenvalue weighted by molar-refractivity contribution is 7.16. The maximum absolute atomic E-state index is 13.1. The molecule has 0 atom stereocenters. The van der Waals surface area contributed by atoms with Gasteiger partial charge >= 0.3 is 0 Å². The molecule has 0 saturated heterocycles. The lowest BCUT2D eigenvalue weighted by molar-refractivity contribution is 0.102. The molecule has 4 heterocycles. The Morgan fingerprint density at radius 1 is 1.06 bits per heavy atom. The van der Waals surface area contributed by atoms with E-state index in [2.05, 4.69) is 26.4 Å². The van der Waals surface area contributed by atoms with E-state index in [0.717, 1.165) is 27.2 Å². The molecule has 5 aromatic rings. The van der Waals surface area contributed by atoms with Crippen molar-refractivity contribution >= 4 is 33.1 Å². The monoisotopic (exact) mass is 455 g/mol. The fourth-order valence-electron chi connectivity index (χ4n) is 3.70. The van der Waals surface area contributed by atoms with Crippen LogP contribution in [-0.4, -0.2) is 32.4 Å². The lowest BCUT2D eigenvalue weighted by Crippen LogP contribution is -2.13. The Labute approximate surface area is 192 Å². The van der Waals surface area contributed by atoms with Gasteiger partial charge in [-0.05, 0) is 49.4 Å². The Balaban J connectivity index is 1.41. The fraction of sp³-hybridized carbons (Fsp3) is 0.0833. The van der Waals surface area contributed by atoms with Crippen LogP contribution in [0.1, 0.15) is 16.2 Å². The Bertz CT molecular complexity index is 1520. The quantitative estimate of drug-likeness (QED) is 0.417. The second-order valence-corrected chi connectivity index (χ2v) is 8.41. The number of aromatic nitrogens is 4.